The Morgan fingerprint density at radius 3 is 2.66 bits per heavy atom. The van der Waals surface area contributed by atoms with Gasteiger partial charge in [0.15, 0.2) is 0 Å². The maximum Gasteiger partial charge on any atom is 0.259 e. The first kappa shape index (κ1) is 23.4. The molecule has 2 aromatic carbocycles. The number of ether oxygens (including phenoxy) is 1. The standard InChI is InChI=1S/C27H24BrFN2O4/c1-15(2)31-14-19(18-13-17(6-8-21(18)31)34-11-4-3-10-28)22-24(27(33)30-26(22)32)23-20(29)7-5-16-9-12-35-25(16)23/h5-9,12-15H,3-4,10-11H2,1-2H3,(H,30,32,33). The largest absolute Gasteiger partial charge is 0.494 e. The number of halogens is 2. The molecule has 0 aliphatic carbocycles. The molecule has 0 fully saturated rings. The number of carbonyl (C=O) groups excluding carboxylic acids is 2. The molecular weight excluding hydrogens is 515 g/mol. The van der Waals surface area contributed by atoms with Crippen LogP contribution in [-0.4, -0.2) is 28.3 Å². The van der Waals surface area contributed by atoms with Crippen molar-refractivity contribution in [1.29, 1.82) is 0 Å². The highest BCUT2D eigenvalue weighted by atomic mass is 79.9. The molecule has 0 saturated heterocycles. The molecule has 180 valence electrons. The number of benzene rings is 2. The van der Waals surface area contributed by atoms with E-state index in [1.54, 1.807) is 12.1 Å². The van der Waals surface area contributed by atoms with Gasteiger partial charge in [-0.25, -0.2) is 4.39 Å². The minimum absolute atomic E-state index is 0.0153. The lowest BCUT2D eigenvalue weighted by atomic mass is 9.94. The van der Waals surface area contributed by atoms with Gasteiger partial charge >= 0.3 is 0 Å². The van der Waals surface area contributed by atoms with Crippen molar-refractivity contribution in [2.45, 2.75) is 32.7 Å². The number of nitrogens with one attached hydrogen (secondary N) is 1. The molecule has 3 heterocycles. The monoisotopic (exact) mass is 538 g/mol. The van der Waals surface area contributed by atoms with E-state index in [1.165, 1.54) is 12.3 Å². The summed E-state index contributed by atoms with van der Waals surface area (Å²) in [4.78, 5) is 26.1. The molecule has 5 rings (SSSR count). The quantitative estimate of drug-likeness (QED) is 0.164. The zero-order valence-electron chi connectivity index (χ0n) is 19.4. The van der Waals surface area contributed by atoms with E-state index in [1.807, 2.05) is 42.8 Å². The number of unbranched alkanes of at least 4 members (excludes halogenated alkanes) is 1. The summed E-state index contributed by atoms with van der Waals surface area (Å²) in [5.41, 5.74) is 1.74. The molecule has 0 bridgehead atoms. The van der Waals surface area contributed by atoms with Crippen molar-refractivity contribution in [3.05, 3.63) is 65.8 Å². The summed E-state index contributed by atoms with van der Waals surface area (Å²) >= 11 is 3.42. The molecule has 2 aromatic heterocycles. The highest BCUT2D eigenvalue weighted by molar-refractivity contribution is 9.09. The van der Waals surface area contributed by atoms with Gasteiger partial charge in [-0.3, -0.25) is 14.9 Å². The molecular formula is C27H24BrFN2O4. The van der Waals surface area contributed by atoms with Crippen molar-refractivity contribution < 1.29 is 23.1 Å². The van der Waals surface area contributed by atoms with Crippen molar-refractivity contribution in [1.82, 2.24) is 9.88 Å². The Balaban J connectivity index is 1.74. The molecule has 8 heteroatoms. The van der Waals surface area contributed by atoms with Crippen molar-refractivity contribution in [2.24, 2.45) is 0 Å². The molecule has 35 heavy (non-hydrogen) atoms. The van der Waals surface area contributed by atoms with Crippen LogP contribution in [-0.2, 0) is 9.59 Å². The summed E-state index contributed by atoms with van der Waals surface area (Å²) in [5.74, 6) is -1.19. The van der Waals surface area contributed by atoms with Gasteiger partial charge < -0.3 is 13.7 Å². The first-order chi connectivity index (χ1) is 16.9. The van der Waals surface area contributed by atoms with E-state index in [-0.39, 0.29) is 28.3 Å². The summed E-state index contributed by atoms with van der Waals surface area (Å²) in [6.45, 7) is 4.63. The maximum absolute atomic E-state index is 15.1. The summed E-state index contributed by atoms with van der Waals surface area (Å²) in [6, 6.07) is 10.4. The lowest BCUT2D eigenvalue weighted by Gasteiger charge is -2.10. The predicted molar refractivity (Wildman–Crippen MR) is 137 cm³/mol. The summed E-state index contributed by atoms with van der Waals surface area (Å²) < 4.78 is 28.6. The Morgan fingerprint density at radius 2 is 1.89 bits per heavy atom. The molecule has 1 aliphatic rings. The van der Waals surface area contributed by atoms with Crippen LogP contribution in [0.25, 0.3) is 33.0 Å². The fourth-order valence-electron chi connectivity index (χ4n) is 4.53. The second-order valence-corrected chi connectivity index (χ2v) is 9.55. The summed E-state index contributed by atoms with van der Waals surface area (Å²) in [7, 11) is 0. The lowest BCUT2D eigenvalue weighted by Crippen LogP contribution is -2.23. The first-order valence-corrected chi connectivity index (χ1v) is 12.6. The lowest BCUT2D eigenvalue weighted by molar-refractivity contribution is -0.122. The average Bonchev–Trinajstić information content (AvgIpc) is 3.52. The molecule has 4 aromatic rings. The number of hydrogen-bond donors (Lipinski definition) is 1. The molecule has 0 saturated carbocycles. The van der Waals surface area contributed by atoms with E-state index in [0.29, 0.717) is 23.3 Å². The number of fused-ring (bicyclic) bond motifs is 2. The summed E-state index contributed by atoms with van der Waals surface area (Å²) in [5, 5.41) is 4.67. The van der Waals surface area contributed by atoms with Crippen LogP contribution in [0.1, 0.15) is 43.9 Å². The van der Waals surface area contributed by atoms with Crippen LogP contribution in [0.5, 0.6) is 5.75 Å². The SMILES string of the molecule is CC(C)n1cc(C2=C(c3c(F)ccc4ccoc34)C(=O)NC2=O)c2cc(OCCCCBr)ccc21. The van der Waals surface area contributed by atoms with Crippen LogP contribution < -0.4 is 10.1 Å². The molecule has 6 nitrogen and oxygen atoms in total. The third-order valence-corrected chi connectivity index (χ3v) is 6.74. The molecule has 0 radical (unpaired) electrons. The molecule has 1 aliphatic heterocycles. The van der Waals surface area contributed by atoms with Crippen molar-refractivity contribution in [2.75, 3.05) is 11.9 Å². The number of carbonyl (C=O) groups is 2. The molecule has 0 atom stereocenters. The zero-order valence-corrected chi connectivity index (χ0v) is 20.9. The maximum atomic E-state index is 15.1. The molecule has 0 unspecified atom stereocenters. The Labute approximate surface area is 209 Å². The highest BCUT2D eigenvalue weighted by Crippen LogP contribution is 2.40. The van der Waals surface area contributed by atoms with Gasteiger partial charge in [0.2, 0.25) is 0 Å². The highest BCUT2D eigenvalue weighted by Gasteiger charge is 2.37. The smallest absolute Gasteiger partial charge is 0.259 e. The van der Waals surface area contributed by atoms with E-state index in [9.17, 15) is 9.59 Å². The summed E-state index contributed by atoms with van der Waals surface area (Å²) in [6.07, 6.45) is 5.19. The third kappa shape index (κ3) is 4.05. The van der Waals surface area contributed by atoms with Gasteiger partial charge in [-0.1, -0.05) is 15.9 Å². The molecule has 0 spiro atoms. The third-order valence-electron chi connectivity index (χ3n) is 6.18. The van der Waals surface area contributed by atoms with Gasteiger partial charge in [0.1, 0.15) is 17.1 Å². The number of nitrogens with zero attached hydrogens (tertiary/aromatic N) is 1. The van der Waals surface area contributed by atoms with Crippen LogP contribution >= 0.6 is 15.9 Å². The Hall–Kier alpha value is -3.39. The molecule has 2 amide bonds. The van der Waals surface area contributed by atoms with Gasteiger partial charge in [-0.05, 0) is 63.1 Å². The number of aromatic nitrogens is 1. The first-order valence-electron chi connectivity index (χ1n) is 11.5. The van der Waals surface area contributed by atoms with Crippen LogP contribution in [0.15, 0.2) is 53.3 Å². The second kappa shape index (κ2) is 9.34. The van der Waals surface area contributed by atoms with Crippen LogP contribution in [0.2, 0.25) is 0 Å². The van der Waals surface area contributed by atoms with Crippen molar-refractivity contribution in [3.8, 4) is 5.75 Å². The number of hydrogen-bond acceptors (Lipinski definition) is 4. The van der Waals surface area contributed by atoms with Crippen molar-refractivity contribution in [3.63, 3.8) is 0 Å². The van der Waals surface area contributed by atoms with Crippen molar-refractivity contribution >= 4 is 60.8 Å². The number of rotatable bonds is 8. The van der Waals surface area contributed by atoms with E-state index in [0.717, 1.165) is 29.1 Å². The van der Waals surface area contributed by atoms with Gasteiger partial charge in [-0.2, -0.15) is 0 Å². The number of amides is 2. The van der Waals surface area contributed by atoms with E-state index in [2.05, 4.69) is 21.2 Å². The van der Waals surface area contributed by atoms with Gasteiger partial charge in [0, 0.05) is 39.4 Å². The van der Waals surface area contributed by atoms with Crippen LogP contribution in [0.4, 0.5) is 4.39 Å². The topological polar surface area (TPSA) is 73.5 Å². The average molecular weight is 539 g/mol. The minimum atomic E-state index is -0.652. The number of furan rings is 1. The molecule has 1 N–H and O–H groups in total. The van der Waals surface area contributed by atoms with Gasteiger partial charge in [0.05, 0.1) is 29.6 Å². The van der Waals surface area contributed by atoms with Crippen LogP contribution in [0, 0.1) is 5.82 Å². The van der Waals surface area contributed by atoms with Crippen LogP contribution in [0.3, 0.4) is 0 Å². The second-order valence-electron chi connectivity index (χ2n) is 8.76. The van der Waals surface area contributed by atoms with E-state index >= 15 is 4.39 Å². The zero-order chi connectivity index (χ0) is 24.7. The normalized spacial score (nSPS) is 14.1. The van der Waals surface area contributed by atoms with E-state index < -0.39 is 17.6 Å². The van der Waals surface area contributed by atoms with Gasteiger partial charge in [0.25, 0.3) is 11.8 Å². The Bertz CT molecular complexity index is 1500. The minimum Gasteiger partial charge on any atom is -0.494 e. The fourth-order valence-corrected chi connectivity index (χ4v) is 4.93. The fraction of sp³-hybridized carbons (Fsp3) is 0.259. The predicted octanol–water partition coefficient (Wildman–Crippen LogP) is 6.23. The van der Waals surface area contributed by atoms with Gasteiger partial charge in [-0.15, -0.1) is 0 Å². The number of imide groups is 1. The Kier molecular flexibility index (Phi) is 6.23. The van der Waals surface area contributed by atoms with E-state index in [4.69, 9.17) is 9.15 Å². The Morgan fingerprint density at radius 1 is 1.09 bits per heavy atom. The number of alkyl halides is 1.